The maximum Gasteiger partial charge on any atom is 0.269 e. The van der Waals surface area contributed by atoms with E-state index >= 15 is 0 Å². The van der Waals surface area contributed by atoms with Gasteiger partial charge in [0.05, 0.1) is 11.4 Å². The van der Waals surface area contributed by atoms with Crippen LogP contribution in [0.5, 0.6) is 0 Å². The molecule has 120 valence electrons. The summed E-state index contributed by atoms with van der Waals surface area (Å²) >= 11 is 0. The van der Waals surface area contributed by atoms with Crippen molar-refractivity contribution in [3.63, 3.8) is 0 Å². The molecule has 3 aromatic rings. The summed E-state index contributed by atoms with van der Waals surface area (Å²) in [6, 6.07) is 12.4. The molecule has 0 atom stereocenters. The highest BCUT2D eigenvalue weighted by molar-refractivity contribution is 5.95. The van der Waals surface area contributed by atoms with Gasteiger partial charge >= 0.3 is 0 Å². The summed E-state index contributed by atoms with van der Waals surface area (Å²) in [5.74, 6) is -0.852. The molecule has 0 aliphatic heterocycles. The Kier molecular flexibility index (Phi) is 3.23. The molecule has 4 nitrogen and oxygen atoms in total. The van der Waals surface area contributed by atoms with Crippen molar-refractivity contribution in [2.45, 2.75) is 19.8 Å². The number of halogens is 1. The van der Waals surface area contributed by atoms with Gasteiger partial charge in [-0.2, -0.15) is 5.10 Å². The Labute approximate surface area is 138 Å². The van der Waals surface area contributed by atoms with Crippen LogP contribution in [-0.2, 0) is 12.8 Å². The lowest BCUT2D eigenvalue weighted by Crippen LogP contribution is -2.15. The molecule has 1 amide bonds. The summed E-state index contributed by atoms with van der Waals surface area (Å²) < 4.78 is 15.0. The van der Waals surface area contributed by atoms with Crippen LogP contribution in [0.2, 0.25) is 0 Å². The Bertz CT molecular complexity index is 957. The lowest BCUT2D eigenvalue weighted by atomic mass is 9.87. The fourth-order valence-corrected chi connectivity index (χ4v) is 3.32. The Morgan fingerprint density at radius 3 is 2.62 bits per heavy atom. The van der Waals surface area contributed by atoms with E-state index in [4.69, 9.17) is 5.73 Å². The molecular weight excluding hydrogens is 305 g/mol. The first-order valence-corrected chi connectivity index (χ1v) is 7.82. The molecule has 0 spiro atoms. The average molecular weight is 321 g/mol. The number of hydrogen-bond donors (Lipinski definition) is 1. The lowest BCUT2D eigenvalue weighted by molar-refractivity contribution is 0.0994. The van der Waals surface area contributed by atoms with Gasteiger partial charge in [0, 0.05) is 11.1 Å². The summed E-state index contributed by atoms with van der Waals surface area (Å²) in [4.78, 5) is 11.8. The first kappa shape index (κ1) is 14.6. The van der Waals surface area contributed by atoms with Crippen molar-refractivity contribution in [3.8, 4) is 16.9 Å². The minimum atomic E-state index is -0.539. The Hall–Kier alpha value is -2.95. The summed E-state index contributed by atoms with van der Waals surface area (Å²) in [6.45, 7) is 2.03. The SMILES string of the molecule is Cc1ccc2c(c1)-c1c(c(C(N)=O)nn1-c1ccc(F)cc1)CC2. The van der Waals surface area contributed by atoms with Crippen molar-refractivity contribution in [2.24, 2.45) is 5.73 Å². The fraction of sp³-hybridized carbons (Fsp3) is 0.158. The molecule has 2 N–H and O–H groups in total. The number of rotatable bonds is 2. The van der Waals surface area contributed by atoms with Gasteiger partial charge in [-0.3, -0.25) is 4.79 Å². The van der Waals surface area contributed by atoms with Crippen molar-refractivity contribution in [3.05, 3.63) is 70.7 Å². The van der Waals surface area contributed by atoms with Crippen LogP contribution in [0.25, 0.3) is 16.9 Å². The number of primary amides is 1. The highest BCUT2D eigenvalue weighted by atomic mass is 19.1. The molecule has 0 radical (unpaired) electrons. The topological polar surface area (TPSA) is 60.9 Å². The van der Waals surface area contributed by atoms with Gasteiger partial charge in [0.1, 0.15) is 5.82 Å². The molecule has 0 saturated heterocycles. The number of amides is 1. The van der Waals surface area contributed by atoms with Gasteiger partial charge in [0.15, 0.2) is 5.69 Å². The third-order valence-electron chi connectivity index (χ3n) is 4.45. The molecule has 1 heterocycles. The minimum absolute atomic E-state index is 0.293. The van der Waals surface area contributed by atoms with Crippen LogP contribution >= 0.6 is 0 Å². The van der Waals surface area contributed by atoms with Crippen molar-refractivity contribution >= 4 is 5.91 Å². The number of hydrogen-bond acceptors (Lipinski definition) is 2. The lowest BCUT2D eigenvalue weighted by Gasteiger charge is -2.19. The average Bonchev–Trinajstić information content (AvgIpc) is 2.96. The Morgan fingerprint density at radius 2 is 1.92 bits per heavy atom. The smallest absolute Gasteiger partial charge is 0.269 e. The van der Waals surface area contributed by atoms with Gasteiger partial charge in [-0.05, 0) is 55.7 Å². The zero-order chi connectivity index (χ0) is 16.8. The maximum atomic E-state index is 13.3. The molecule has 0 bridgehead atoms. The zero-order valence-electron chi connectivity index (χ0n) is 13.2. The summed E-state index contributed by atoms with van der Waals surface area (Å²) in [6.07, 6.45) is 1.56. The first-order valence-electron chi connectivity index (χ1n) is 7.82. The van der Waals surface area contributed by atoms with Crippen LogP contribution in [0, 0.1) is 12.7 Å². The first-order chi connectivity index (χ1) is 11.5. The van der Waals surface area contributed by atoms with E-state index in [2.05, 4.69) is 23.3 Å². The van der Waals surface area contributed by atoms with Gasteiger partial charge in [0.25, 0.3) is 5.91 Å². The number of fused-ring (bicyclic) bond motifs is 3. The fourth-order valence-electron chi connectivity index (χ4n) is 3.32. The molecule has 2 aromatic carbocycles. The van der Waals surface area contributed by atoms with E-state index < -0.39 is 5.91 Å². The van der Waals surface area contributed by atoms with Crippen molar-refractivity contribution < 1.29 is 9.18 Å². The highest BCUT2D eigenvalue weighted by Gasteiger charge is 2.27. The van der Waals surface area contributed by atoms with Crippen LogP contribution < -0.4 is 5.73 Å². The molecule has 5 heteroatoms. The van der Waals surface area contributed by atoms with E-state index in [1.807, 2.05) is 6.92 Å². The largest absolute Gasteiger partial charge is 0.364 e. The van der Waals surface area contributed by atoms with Gasteiger partial charge < -0.3 is 5.73 Å². The monoisotopic (exact) mass is 321 g/mol. The summed E-state index contributed by atoms with van der Waals surface area (Å²) in [5, 5.41) is 4.44. The molecule has 24 heavy (non-hydrogen) atoms. The molecule has 1 aliphatic carbocycles. The number of aromatic nitrogens is 2. The number of aryl methyl sites for hydroxylation is 2. The summed E-state index contributed by atoms with van der Waals surface area (Å²) in [5.41, 5.74) is 11.7. The second-order valence-corrected chi connectivity index (χ2v) is 6.09. The van der Waals surface area contributed by atoms with E-state index in [-0.39, 0.29) is 5.82 Å². The summed E-state index contributed by atoms with van der Waals surface area (Å²) in [7, 11) is 0. The number of carbonyl (C=O) groups is 1. The quantitative estimate of drug-likeness (QED) is 0.788. The predicted octanol–water partition coefficient (Wildman–Crippen LogP) is 3.18. The molecule has 4 rings (SSSR count). The Morgan fingerprint density at radius 1 is 1.17 bits per heavy atom. The van der Waals surface area contributed by atoms with Gasteiger partial charge in [-0.1, -0.05) is 17.7 Å². The van der Waals surface area contributed by atoms with Crippen molar-refractivity contribution in [1.29, 1.82) is 0 Å². The third-order valence-corrected chi connectivity index (χ3v) is 4.45. The zero-order valence-corrected chi connectivity index (χ0v) is 13.2. The van der Waals surface area contributed by atoms with E-state index in [0.29, 0.717) is 17.8 Å². The van der Waals surface area contributed by atoms with Crippen LogP contribution in [-0.4, -0.2) is 15.7 Å². The van der Waals surface area contributed by atoms with Crippen LogP contribution in [0.15, 0.2) is 42.5 Å². The minimum Gasteiger partial charge on any atom is -0.364 e. The maximum absolute atomic E-state index is 13.3. The van der Waals surface area contributed by atoms with Gasteiger partial charge in [0.2, 0.25) is 0 Å². The normalized spacial score (nSPS) is 12.6. The van der Waals surface area contributed by atoms with E-state index in [9.17, 15) is 9.18 Å². The second-order valence-electron chi connectivity index (χ2n) is 6.09. The van der Waals surface area contributed by atoms with Gasteiger partial charge in [-0.15, -0.1) is 0 Å². The standard InChI is InChI=1S/C19H16FN3O/c1-11-2-3-12-4-9-15-17(19(21)24)22-23(18(15)16(12)10-11)14-7-5-13(20)6-8-14/h2-3,5-8,10H,4,9H2,1H3,(H2,21,24). The number of benzene rings is 2. The van der Waals surface area contributed by atoms with E-state index in [0.717, 1.165) is 28.8 Å². The Balaban J connectivity index is 2.02. The van der Waals surface area contributed by atoms with Crippen molar-refractivity contribution in [1.82, 2.24) is 9.78 Å². The van der Waals surface area contributed by atoms with Crippen LogP contribution in [0.1, 0.15) is 27.2 Å². The third kappa shape index (κ3) is 2.21. The highest BCUT2D eigenvalue weighted by Crippen LogP contribution is 2.37. The molecule has 0 unspecified atom stereocenters. The predicted molar refractivity (Wildman–Crippen MR) is 89.6 cm³/mol. The van der Waals surface area contributed by atoms with E-state index in [1.54, 1.807) is 16.8 Å². The second kappa shape index (κ2) is 5.30. The molecular formula is C19H16FN3O. The van der Waals surface area contributed by atoms with Gasteiger partial charge in [-0.25, -0.2) is 9.07 Å². The molecule has 1 aromatic heterocycles. The van der Waals surface area contributed by atoms with Crippen LogP contribution in [0.3, 0.4) is 0 Å². The molecule has 1 aliphatic rings. The molecule has 0 saturated carbocycles. The van der Waals surface area contributed by atoms with E-state index in [1.165, 1.54) is 17.7 Å². The number of nitrogens with two attached hydrogens (primary N) is 1. The number of carbonyl (C=O) groups excluding carboxylic acids is 1. The van der Waals surface area contributed by atoms with Crippen LogP contribution in [0.4, 0.5) is 4.39 Å². The number of nitrogens with zero attached hydrogens (tertiary/aromatic N) is 2. The molecule has 0 fully saturated rings. The van der Waals surface area contributed by atoms with Crippen molar-refractivity contribution in [2.75, 3.05) is 0 Å².